The van der Waals surface area contributed by atoms with Gasteiger partial charge in [-0.2, -0.15) is 0 Å². The van der Waals surface area contributed by atoms with Crippen molar-refractivity contribution in [2.45, 2.75) is 0 Å². The molecule has 0 bridgehead atoms. The molecule has 32 rings (SSSR count). The van der Waals surface area contributed by atoms with E-state index in [1.165, 1.54) is 153 Å². The molecule has 32 aromatic rings. The molecule has 690 valence electrons. The lowest BCUT2D eigenvalue weighted by atomic mass is 9.90. The summed E-state index contributed by atoms with van der Waals surface area (Å²) in [6.45, 7) is 0. The Bertz CT molecular complexity index is 11300. The average molecular weight is 1950 g/mol. The minimum absolute atomic E-state index is 0.665. The molecule has 0 saturated heterocycles. The van der Waals surface area contributed by atoms with Gasteiger partial charge in [-0.25, -0.2) is 24.9 Å². The van der Waals surface area contributed by atoms with Gasteiger partial charge in [0.2, 0.25) is 0 Å². The molecule has 0 aliphatic heterocycles. The fourth-order valence-electron chi connectivity index (χ4n) is 22.8. The van der Waals surface area contributed by atoms with E-state index in [9.17, 15) is 0 Å². The maximum Gasteiger partial charge on any atom is 0.159 e. The Morgan fingerprint density at radius 3 is 0.919 bits per heavy atom. The number of fused-ring (bicyclic) bond motifs is 32. The number of hydrogen-bond donors (Lipinski definition) is 0. The molecule has 0 unspecified atom stereocenters. The number of benzene rings is 19. The van der Waals surface area contributed by atoms with Gasteiger partial charge in [0.25, 0.3) is 0 Å². The highest BCUT2D eigenvalue weighted by atomic mass is 32.1. The van der Waals surface area contributed by atoms with E-state index in [4.69, 9.17) is 34.9 Å². The van der Waals surface area contributed by atoms with Crippen LogP contribution in [0.4, 0.5) is 0 Å². The Balaban J connectivity index is 0.000000103. The second-order valence-corrected chi connectivity index (χ2v) is 41.2. The number of pyridine rings is 9. The zero-order valence-electron chi connectivity index (χ0n) is 79.6. The van der Waals surface area contributed by atoms with E-state index in [0.717, 1.165) is 155 Å². The molecule has 19 aromatic carbocycles. The third kappa shape index (κ3) is 14.2. The van der Waals surface area contributed by atoms with Gasteiger partial charge in [-0.1, -0.05) is 315 Å². The number of thiophene rings is 3. The van der Waals surface area contributed by atoms with E-state index in [2.05, 4.69) is 414 Å². The van der Waals surface area contributed by atoms with Crippen molar-refractivity contribution in [3.05, 3.63) is 468 Å². The standard InChI is InChI=1S/2C47H27N3S.C41H23N5S/c1-3-12-41-39(11-1)43-40(21-20-38-36-10-2-4-13-42(36)51-47(38)43)44(50-41)34-8-5-7-29(27-34)30-14-15-32-26-33(17-16-31(32)25-30)35-22-24-49-46-37(35)19-18-28-9-6-23-48-45(28)46;1-2-13-33-32(12-1)31(20-21-34(33)35-24-26-49-46-37(35)19-18-28-11-8-25-48-45(28)46)29-9-7-10-30(27-29)44-40-23-22-38-36-14-4-6-17-42(36)51-47(38)43(40)39-15-3-5-16-41(39)50-44;1-3-12-34-32(11-1)36-33(17-16-31-29-10-2-4-13-35(29)47-40(31)36)37(46-34)25-7-5-8-26(21-25)41-44-22-27(23-45-41)28-18-20-43-39-30(28)15-14-24-9-6-19-42-38(24)39/h2*1-27H;1-23H. The predicted molar refractivity (Wildman–Crippen MR) is 628 cm³/mol. The van der Waals surface area contributed by atoms with E-state index >= 15 is 0 Å². The van der Waals surface area contributed by atoms with Gasteiger partial charge < -0.3 is 0 Å². The van der Waals surface area contributed by atoms with Gasteiger partial charge in [-0.3, -0.25) is 29.9 Å². The SMILES string of the molecule is c1cc(-c2ccc(-c3ccnc4c3ccc3cccnc34)c3ccccc23)cc(-c2nc3ccccc3c3c2ccc2c4ccccc4sc23)c1.c1cc(-c2ccc3cc(-c4ccnc5c4ccc4cccnc45)ccc3c2)cc(-c2nc3ccccc3c3c2ccc2c4ccccc4sc23)c1.c1cc(-c2ncc(-c3ccnc4c3ccc3cccnc34)cn2)cc(-c2nc3ccccc3c3c2ccc2c4ccccc4sc23)c1. The molecule has 11 nitrogen and oxygen atoms in total. The smallest absolute Gasteiger partial charge is 0.159 e. The molecule has 13 aromatic heterocycles. The quantitative estimate of drug-likeness (QED) is 0.127. The lowest BCUT2D eigenvalue weighted by Crippen LogP contribution is -1.93. The summed E-state index contributed by atoms with van der Waals surface area (Å²) in [5.74, 6) is 0.665. The Labute approximate surface area is 863 Å². The maximum absolute atomic E-state index is 5.33. The molecule has 14 heteroatoms. The van der Waals surface area contributed by atoms with Crippen LogP contribution in [0, 0.1) is 0 Å². The zero-order chi connectivity index (χ0) is 97.8. The third-order valence-electron chi connectivity index (χ3n) is 29.7. The molecule has 0 saturated carbocycles. The number of aromatic nitrogens is 11. The Morgan fingerprint density at radius 1 is 0.154 bits per heavy atom. The van der Waals surface area contributed by atoms with Gasteiger partial charge in [0.15, 0.2) is 5.82 Å². The van der Waals surface area contributed by atoms with Gasteiger partial charge in [0, 0.05) is 219 Å². The highest BCUT2D eigenvalue weighted by Gasteiger charge is 2.25. The van der Waals surface area contributed by atoms with Gasteiger partial charge in [-0.15, -0.1) is 34.0 Å². The van der Waals surface area contributed by atoms with Crippen LogP contribution in [0.3, 0.4) is 0 Å². The number of rotatable bonds is 9. The first-order valence-corrected chi connectivity index (χ1v) is 52.3. The molecule has 0 aliphatic rings. The molecule has 0 aliphatic carbocycles. The topological polar surface area (TPSA) is 142 Å². The monoisotopic (exact) mass is 1950 g/mol. The van der Waals surface area contributed by atoms with Crippen molar-refractivity contribution in [1.29, 1.82) is 0 Å². The molecular weight excluding hydrogens is 1870 g/mol. The van der Waals surface area contributed by atoms with E-state index in [1.54, 1.807) is 0 Å². The van der Waals surface area contributed by atoms with E-state index in [-0.39, 0.29) is 0 Å². The van der Waals surface area contributed by atoms with Crippen LogP contribution in [0.25, 0.3) is 313 Å². The summed E-state index contributed by atoms with van der Waals surface area (Å²) >= 11 is 5.61. The number of nitrogens with zero attached hydrogens (tertiary/aromatic N) is 11. The molecule has 149 heavy (non-hydrogen) atoms. The predicted octanol–water partition coefficient (Wildman–Crippen LogP) is 36.7. The highest BCUT2D eigenvalue weighted by molar-refractivity contribution is 7.27. The lowest BCUT2D eigenvalue weighted by molar-refractivity contribution is 1.18. The van der Waals surface area contributed by atoms with Crippen molar-refractivity contribution < 1.29 is 0 Å². The maximum atomic E-state index is 5.33. The normalized spacial score (nSPS) is 11.9. The Morgan fingerprint density at radius 2 is 0.456 bits per heavy atom. The van der Waals surface area contributed by atoms with Gasteiger partial charge in [-0.05, 0) is 175 Å². The molecule has 0 amide bonds. The van der Waals surface area contributed by atoms with Crippen LogP contribution in [-0.2, 0) is 0 Å². The summed E-state index contributed by atoms with van der Waals surface area (Å²) in [5.41, 5.74) is 27.0. The number of hydrogen-bond acceptors (Lipinski definition) is 14. The summed E-state index contributed by atoms with van der Waals surface area (Å²) in [6.07, 6.45) is 14.9. The van der Waals surface area contributed by atoms with Crippen molar-refractivity contribution in [3.8, 4) is 101 Å². The van der Waals surface area contributed by atoms with Crippen molar-refractivity contribution in [2.24, 2.45) is 0 Å². The number of para-hydroxylation sites is 3. The molecule has 0 radical (unpaired) electrons. The van der Waals surface area contributed by atoms with Crippen LogP contribution in [0.15, 0.2) is 468 Å². The first-order valence-electron chi connectivity index (χ1n) is 49.8. The largest absolute Gasteiger partial charge is 0.254 e. The fourth-order valence-corrected chi connectivity index (χ4v) is 26.6. The van der Waals surface area contributed by atoms with Crippen LogP contribution in [-0.4, -0.2) is 54.8 Å². The van der Waals surface area contributed by atoms with E-state index in [0.29, 0.717) is 5.82 Å². The van der Waals surface area contributed by atoms with Gasteiger partial charge in [0.05, 0.1) is 66.7 Å². The Hall–Kier alpha value is -19.1. The van der Waals surface area contributed by atoms with E-state index < -0.39 is 0 Å². The molecular formula is C135H77N11S3. The van der Waals surface area contributed by atoms with Crippen LogP contribution >= 0.6 is 34.0 Å². The van der Waals surface area contributed by atoms with E-state index in [1.807, 2.05) is 108 Å². The highest BCUT2D eigenvalue weighted by Crippen LogP contribution is 2.51. The van der Waals surface area contributed by atoms with Crippen molar-refractivity contribution >= 4 is 247 Å². The summed E-state index contributed by atoms with van der Waals surface area (Å²) in [7, 11) is 0. The second-order valence-electron chi connectivity index (χ2n) is 38.0. The molecule has 0 fully saturated rings. The average Bonchev–Trinajstić information content (AvgIpc) is 1.62. The minimum Gasteiger partial charge on any atom is -0.254 e. The summed E-state index contributed by atoms with van der Waals surface area (Å²) < 4.78 is 7.86. The first-order chi connectivity index (χ1) is 73.9. The van der Waals surface area contributed by atoms with Crippen LogP contribution < -0.4 is 0 Å². The molecule has 0 spiro atoms. The van der Waals surface area contributed by atoms with Crippen molar-refractivity contribution in [1.82, 2.24) is 54.8 Å². The third-order valence-corrected chi connectivity index (χ3v) is 33.3. The molecule has 0 atom stereocenters. The summed E-state index contributed by atoms with van der Waals surface area (Å²) in [6, 6.07) is 149. The molecule has 13 heterocycles. The molecule has 0 N–H and O–H groups in total. The minimum atomic E-state index is 0.665. The second kappa shape index (κ2) is 34.9. The summed E-state index contributed by atoms with van der Waals surface area (Å²) in [5, 5.41) is 30.0. The van der Waals surface area contributed by atoms with Gasteiger partial charge in [0.1, 0.15) is 0 Å². The van der Waals surface area contributed by atoms with Gasteiger partial charge >= 0.3 is 0 Å². The lowest BCUT2D eigenvalue weighted by Gasteiger charge is -2.15. The first kappa shape index (κ1) is 85.5. The summed E-state index contributed by atoms with van der Waals surface area (Å²) in [4.78, 5) is 53.6. The van der Waals surface area contributed by atoms with Crippen LogP contribution in [0.5, 0.6) is 0 Å². The fraction of sp³-hybridized carbons (Fsp3) is 0. The van der Waals surface area contributed by atoms with Crippen LogP contribution in [0.2, 0.25) is 0 Å². The Kier molecular flexibility index (Phi) is 20.0. The van der Waals surface area contributed by atoms with Crippen molar-refractivity contribution in [3.63, 3.8) is 0 Å². The van der Waals surface area contributed by atoms with Crippen LogP contribution in [0.1, 0.15) is 0 Å². The zero-order valence-corrected chi connectivity index (χ0v) is 82.0. The van der Waals surface area contributed by atoms with Crippen molar-refractivity contribution in [2.75, 3.05) is 0 Å².